The summed E-state index contributed by atoms with van der Waals surface area (Å²) in [6.07, 6.45) is -1.50. The summed E-state index contributed by atoms with van der Waals surface area (Å²) in [5.41, 5.74) is -0.0355. The van der Waals surface area contributed by atoms with Crippen molar-refractivity contribution < 1.29 is 18.0 Å². The van der Waals surface area contributed by atoms with E-state index in [9.17, 15) is 18.0 Å². The fraction of sp³-hybridized carbons (Fsp3) is 0.579. The second-order valence-electron chi connectivity index (χ2n) is 9.08. The van der Waals surface area contributed by atoms with E-state index in [-0.39, 0.29) is 16.5 Å². The second-order valence-corrected chi connectivity index (χ2v) is 9.08. The molecule has 0 aromatic carbocycles. The fourth-order valence-corrected chi connectivity index (χ4v) is 3.35. The molecule has 152 valence electrons. The Labute approximate surface area is 161 Å². The third kappa shape index (κ3) is 4.18. The largest absolute Gasteiger partial charge is 0.432 e. The van der Waals surface area contributed by atoms with Gasteiger partial charge in [0.1, 0.15) is 11.5 Å². The molecule has 0 unspecified atom stereocenters. The van der Waals surface area contributed by atoms with E-state index in [4.69, 9.17) is 4.98 Å². The van der Waals surface area contributed by atoms with E-state index in [1.54, 1.807) is 6.20 Å². The summed E-state index contributed by atoms with van der Waals surface area (Å²) < 4.78 is 38.2. The average Bonchev–Trinajstić information content (AvgIpc) is 3.02. The van der Waals surface area contributed by atoms with Crippen molar-refractivity contribution in [1.29, 1.82) is 0 Å². The molecular formula is C19H24F3N5O. The van der Waals surface area contributed by atoms with E-state index in [1.807, 2.05) is 25.9 Å². The van der Waals surface area contributed by atoms with Gasteiger partial charge in [-0.25, -0.2) is 9.97 Å². The highest BCUT2D eigenvalue weighted by Gasteiger charge is 2.37. The Kier molecular flexibility index (Phi) is 4.75. The van der Waals surface area contributed by atoms with Gasteiger partial charge in [0.25, 0.3) is 5.91 Å². The number of hydrogen-bond donors (Lipinski definition) is 2. The van der Waals surface area contributed by atoms with Gasteiger partial charge in [-0.1, -0.05) is 34.6 Å². The average molecular weight is 395 g/mol. The van der Waals surface area contributed by atoms with Crippen molar-refractivity contribution in [3.8, 4) is 0 Å². The van der Waals surface area contributed by atoms with Crippen LogP contribution >= 0.6 is 0 Å². The molecule has 28 heavy (non-hydrogen) atoms. The first-order chi connectivity index (χ1) is 12.8. The molecule has 2 aromatic heterocycles. The van der Waals surface area contributed by atoms with Gasteiger partial charge in [0, 0.05) is 28.9 Å². The third-order valence-corrected chi connectivity index (χ3v) is 4.77. The Balaban J connectivity index is 1.88. The Morgan fingerprint density at radius 2 is 1.96 bits per heavy atom. The molecule has 1 aliphatic carbocycles. The van der Waals surface area contributed by atoms with Gasteiger partial charge in [-0.3, -0.25) is 9.89 Å². The maximum absolute atomic E-state index is 12.7. The maximum atomic E-state index is 12.7. The molecule has 3 rings (SSSR count). The monoisotopic (exact) mass is 395 g/mol. The second kappa shape index (κ2) is 6.56. The number of rotatable bonds is 2. The highest BCUT2D eigenvalue weighted by Crippen LogP contribution is 2.40. The standard InChI is InChI=1S/C19H24F3N5O/c1-17(2,3)16-23-9-10-12(7-18(4,5)8-13(10)25-16)24-15(28)11-6-14(27-26-11)19(20,21)22/h6,9,12H,7-8H2,1-5H3,(H,24,28)(H,26,27)/t12-/m0/s1. The van der Waals surface area contributed by atoms with E-state index >= 15 is 0 Å². The van der Waals surface area contributed by atoms with Crippen LogP contribution in [-0.2, 0) is 18.0 Å². The van der Waals surface area contributed by atoms with Gasteiger partial charge in [0.2, 0.25) is 0 Å². The lowest BCUT2D eigenvalue weighted by Crippen LogP contribution is -2.38. The van der Waals surface area contributed by atoms with Gasteiger partial charge in [-0.05, 0) is 18.3 Å². The summed E-state index contributed by atoms with van der Waals surface area (Å²) >= 11 is 0. The topological polar surface area (TPSA) is 83.6 Å². The number of fused-ring (bicyclic) bond motifs is 1. The molecule has 1 aliphatic rings. The van der Waals surface area contributed by atoms with Crippen LogP contribution in [0.2, 0.25) is 0 Å². The van der Waals surface area contributed by atoms with Crippen molar-refractivity contribution in [2.75, 3.05) is 0 Å². The zero-order valence-corrected chi connectivity index (χ0v) is 16.5. The lowest BCUT2D eigenvalue weighted by molar-refractivity contribution is -0.141. The predicted octanol–water partition coefficient (Wildman–Crippen LogP) is 3.96. The van der Waals surface area contributed by atoms with Crippen LogP contribution in [0.4, 0.5) is 13.2 Å². The molecule has 0 radical (unpaired) electrons. The fourth-order valence-electron chi connectivity index (χ4n) is 3.35. The number of nitrogens with one attached hydrogen (secondary N) is 2. The lowest BCUT2D eigenvalue weighted by atomic mass is 9.74. The molecule has 1 atom stereocenters. The Morgan fingerprint density at radius 3 is 2.54 bits per heavy atom. The maximum Gasteiger partial charge on any atom is 0.432 e. The Morgan fingerprint density at radius 1 is 1.29 bits per heavy atom. The van der Waals surface area contributed by atoms with Crippen LogP contribution < -0.4 is 5.32 Å². The van der Waals surface area contributed by atoms with Gasteiger partial charge >= 0.3 is 6.18 Å². The van der Waals surface area contributed by atoms with Gasteiger partial charge in [-0.2, -0.15) is 18.3 Å². The molecule has 0 fully saturated rings. The van der Waals surface area contributed by atoms with Crippen molar-refractivity contribution in [2.24, 2.45) is 5.41 Å². The number of halogens is 3. The molecule has 0 saturated heterocycles. The van der Waals surface area contributed by atoms with Crippen LogP contribution in [0.5, 0.6) is 0 Å². The van der Waals surface area contributed by atoms with Crippen LogP contribution in [0.15, 0.2) is 12.3 Å². The summed E-state index contributed by atoms with van der Waals surface area (Å²) in [7, 11) is 0. The minimum atomic E-state index is -4.58. The van der Waals surface area contributed by atoms with Gasteiger partial charge in [-0.15, -0.1) is 0 Å². The highest BCUT2D eigenvalue weighted by atomic mass is 19.4. The third-order valence-electron chi connectivity index (χ3n) is 4.77. The number of carbonyl (C=O) groups excluding carboxylic acids is 1. The van der Waals surface area contributed by atoms with Crippen LogP contribution in [-0.4, -0.2) is 26.1 Å². The number of nitrogens with zero attached hydrogens (tertiary/aromatic N) is 3. The number of amides is 1. The number of aromatic nitrogens is 4. The molecule has 9 heteroatoms. The van der Waals surface area contributed by atoms with Crippen LogP contribution in [0.3, 0.4) is 0 Å². The van der Waals surface area contributed by atoms with Crippen LogP contribution in [0.1, 0.15) is 80.3 Å². The Hall–Kier alpha value is -2.45. The summed E-state index contributed by atoms with van der Waals surface area (Å²) in [5.74, 6) is 0.0523. The quantitative estimate of drug-likeness (QED) is 0.806. The first-order valence-electron chi connectivity index (χ1n) is 9.06. The van der Waals surface area contributed by atoms with Crippen molar-refractivity contribution in [2.45, 2.75) is 65.1 Å². The molecule has 0 saturated carbocycles. The number of carbonyl (C=O) groups is 1. The molecule has 1 amide bonds. The van der Waals surface area contributed by atoms with Gasteiger partial charge in [0.05, 0.1) is 6.04 Å². The number of aromatic amines is 1. The molecule has 2 N–H and O–H groups in total. The minimum absolute atomic E-state index is 0.128. The van der Waals surface area contributed by atoms with Crippen molar-refractivity contribution in [3.05, 3.63) is 40.7 Å². The van der Waals surface area contributed by atoms with E-state index in [2.05, 4.69) is 29.2 Å². The summed E-state index contributed by atoms with van der Waals surface area (Å²) in [6, 6.07) is 0.315. The molecular weight excluding hydrogens is 371 g/mol. The molecule has 0 bridgehead atoms. The number of hydrogen-bond acceptors (Lipinski definition) is 4. The highest BCUT2D eigenvalue weighted by molar-refractivity contribution is 5.92. The first kappa shape index (κ1) is 20.3. The van der Waals surface area contributed by atoms with Gasteiger partial charge < -0.3 is 5.32 Å². The summed E-state index contributed by atoms with van der Waals surface area (Å²) in [6.45, 7) is 10.2. The van der Waals surface area contributed by atoms with Crippen molar-refractivity contribution >= 4 is 5.91 Å². The Bertz CT molecular complexity index is 896. The molecule has 0 spiro atoms. The van der Waals surface area contributed by atoms with E-state index < -0.39 is 23.8 Å². The smallest absolute Gasteiger partial charge is 0.344 e. The number of alkyl halides is 3. The van der Waals surface area contributed by atoms with Crippen LogP contribution in [0, 0.1) is 5.41 Å². The van der Waals surface area contributed by atoms with Crippen LogP contribution in [0.25, 0.3) is 0 Å². The van der Waals surface area contributed by atoms with Gasteiger partial charge in [0.15, 0.2) is 5.69 Å². The van der Waals surface area contributed by atoms with Crippen molar-refractivity contribution in [1.82, 2.24) is 25.5 Å². The first-order valence-corrected chi connectivity index (χ1v) is 9.06. The van der Waals surface area contributed by atoms with E-state index in [0.29, 0.717) is 12.5 Å². The number of H-pyrrole nitrogens is 1. The normalized spacial score (nSPS) is 19.2. The SMILES string of the molecule is CC1(C)Cc2nc(C(C)(C)C)ncc2[C@@H](NC(=O)c2cc(C(F)(F)F)[nH]n2)C1. The molecule has 2 heterocycles. The molecule has 2 aromatic rings. The minimum Gasteiger partial charge on any atom is -0.344 e. The van der Waals surface area contributed by atoms with Crippen molar-refractivity contribution in [3.63, 3.8) is 0 Å². The van der Waals surface area contributed by atoms with E-state index in [1.165, 1.54) is 0 Å². The zero-order valence-electron chi connectivity index (χ0n) is 16.5. The summed E-state index contributed by atoms with van der Waals surface area (Å²) in [4.78, 5) is 21.7. The summed E-state index contributed by atoms with van der Waals surface area (Å²) in [5, 5.41) is 8.16. The lowest BCUT2D eigenvalue weighted by Gasteiger charge is -2.37. The zero-order chi connectivity index (χ0) is 20.9. The molecule has 0 aliphatic heterocycles. The predicted molar refractivity (Wildman–Crippen MR) is 96.6 cm³/mol. The molecule has 6 nitrogen and oxygen atoms in total. The van der Waals surface area contributed by atoms with E-state index in [0.717, 1.165) is 23.5 Å².